The Bertz CT molecular complexity index is 997. The molecule has 0 saturated carbocycles. The predicted molar refractivity (Wildman–Crippen MR) is 261 cm³/mol. The molecule has 350 valence electrons. The Kier molecular flexibility index (Phi) is 49.4. The number of ether oxygens (including phenoxy) is 3. The summed E-state index contributed by atoms with van der Waals surface area (Å²) in [6.45, 7) is 7.71. The molecule has 5 nitrogen and oxygen atoms in total. The summed E-state index contributed by atoms with van der Waals surface area (Å²) in [7, 11) is 0. The van der Waals surface area contributed by atoms with E-state index in [0.29, 0.717) is 19.4 Å². The van der Waals surface area contributed by atoms with E-state index in [9.17, 15) is 9.59 Å². The second-order valence-electron chi connectivity index (χ2n) is 17.4. The smallest absolute Gasteiger partial charge is 0.306 e. The SMILES string of the molecule is CC/C=C\C/C=C\C/C=C\CCCCCCCC(=O)O[C@H](COCCCCCCCCCCCCCCCCCC)COC(=O)CCCCCCC/C=C\CCCCCC. The van der Waals surface area contributed by atoms with Crippen LogP contribution in [0, 0.1) is 0 Å². The van der Waals surface area contributed by atoms with Crippen LogP contribution in [-0.4, -0.2) is 37.9 Å². The van der Waals surface area contributed by atoms with Gasteiger partial charge in [-0.3, -0.25) is 9.59 Å². The third-order valence-corrected chi connectivity index (χ3v) is 11.3. The monoisotopic (exact) mass is 841 g/mol. The zero-order chi connectivity index (χ0) is 43.5. The standard InChI is InChI=1S/C55H100O5/c1-4-7-10-13-16-19-22-25-27-29-32-35-38-41-44-47-50-58-51-53(52-59-54(56)48-45-42-39-36-33-30-24-21-18-15-12-9-6-3)60-55(57)49-46-43-40-37-34-31-28-26-23-20-17-14-11-8-5-2/h8,11,17,20-21,24,26,28,53H,4-7,9-10,12-16,18-19,22-23,25,27,29-52H2,1-3H3/b11-8-,20-17-,24-21-,28-26-/t53-/m1/s1. The summed E-state index contributed by atoms with van der Waals surface area (Å²) < 4.78 is 17.4. The minimum atomic E-state index is -0.545. The van der Waals surface area contributed by atoms with Crippen molar-refractivity contribution >= 4 is 11.9 Å². The minimum absolute atomic E-state index is 0.0769. The number of carbonyl (C=O) groups is 2. The molecule has 0 aliphatic rings. The zero-order valence-electron chi connectivity index (χ0n) is 40.2. The van der Waals surface area contributed by atoms with Gasteiger partial charge in [0.15, 0.2) is 6.10 Å². The molecule has 0 radical (unpaired) electrons. The first-order chi connectivity index (χ1) is 29.6. The van der Waals surface area contributed by atoms with Crippen molar-refractivity contribution in [2.24, 2.45) is 0 Å². The van der Waals surface area contributed by atoms with Crippen molar-refractivity contribution in [3.05, 3.63) is 48.6 Å². The Morgan fingerprint density at radius 2 is 0.750 bits per heavy atom. The molecule has 0 aliphatic heterocycles. The van der Waals surface area contributed by atoms with Crippen LogP contribution in [0.2, 0.25) is 0 Å². The van der Waals surface area contributed by atoms with E-state index in [0.717, 1.165) is 83.5 Å². The number of unbranched alkanes of at least 4 members (excludes halogenated alkanes) is 29. The summed E-state index contributed by atoms with van der Waals surface area (Å²) in [5, 5.41) is 0. The van der Waals surface area contributed by atoms with E-state index in [1.165, 1.54) is 148 Å². The van der Waals surface area contributed by atoms with Crippen LogP contribution in [0.25, 0.3) is 0 Å². The molecule has 0 aromatic heterocycles. The van der Waals surface area contributed by atoms with Crippen LogP contribution < -0.4 is 0 Å². The summed E-state index contributed by atoms with van der Waals surface area (Å²) in [4.78, 5) is 25.4. The van der Waals surface area contributed by atoms with Gasteiger partial charge >= 0.3 is 11.9 Å². The van der Waals surface area contributed by atoms with Crippen LogP contribution in [0.1, 0.15) is 265 Å². The topological polar surface area (TPSA) is 61.8 Å². The number of hydrogen-bond donors (Lipinski definition) is 0. The van der Waals surface area contributed by atoms with E-state index < -0.39 is 6.10 Å². The minimum Gasteiger partial charge on any atom is -0.462 e. The van der Waals surface area contributed by atoms with Gasteiger partial charge in [0.25, 0.3) is 0 Å². The summed E-state index contributed by atoms with van der Waals surface area (Å²) in [6.07, 6.45) is 62.6. The van der Waals surface area contributed by atoms with E-state index in [2.05, 4.69) is 69.4 Å². The van der Waals surface area contributed by atoms with Crippen LogP contribution in [0.5, 0.6) is 0 Å². The molecular formula is C55H100O5. The van der Waals surface area contributed by atoms with E-state index in [4.69, 9.17) is 14.2 Å². The van der Waals surface area contributed by atoms with Crippen molar-refractivity contribution in [1.29, 1.82) is 0 Å². The van der Waals surface area contributed by atoms with Crippen LogP contribution >= 0.6 is 0 Å². The van der Waals surface area contributed by atoms with Crippen molar-refractivity contribution in [3.8, 4) is 0 Å². The second kappa shape index (κ2) is 51.2. The van der Waals surface area contributed by atoms with Gasteiger partial charge < -0.3 is 14.2 Å². The van der Waals surface area contributed by atoms with Gasteiger partial charge in [0, 0.05) is 19.4 Å². The summed E-state index contributed by atoms with van der Waals surface area (Å²) >= 11 is 0. The van der Waals surface area contributed by atoms with Gasteiger partial charge in [0.2, 0.25) is 0 Å². The van der Waals surface area contributed by atoms with Gasteiger partial charge in [0.05, 0.1) is 6.61 Å². The maximum absolute atomic E-state index is 12.8. The number of rotatable bonds is 48. The van der Waals surface area contributed by atoms with Crippen molar-refractivity contribution in [2.45, 2.75) is 271 Å². The Balaban J connectivity index is 4.27. The lowest BCUT2D eigenvalue weighted by atomic mass is 10.0. The quantitative estimate of drug-likeness (QED) is 0.0347. The number of carbonyl (C=O) groups excluding carboxylic acids is 2. The molecule has 0 fully saturated rings. The van der Waals surface area contributed by atoms with Crippen molar-refractivity contribution < 1.29 is 23.8 Å². The van der Waals surface area contributed by atoms with E-state index in [-0.39, 0.29) is 25.2 Å². The molecule has 0 amide bonds. The maximum atomic E-state index is 12.8. The van der Waals surface area contributed by atoms with Crippen LogP contribution in [0.3, 0.4) is 0 Å². The van der Waals surface area contributed by atoms with Crippen LogP contribution in [-0.2, 0) is 23.8 Å². The van der Waals surface area contributed by atoms with E-state index in [1.807, 2.05) is 0 Å². The fourth-order valence-corrected chi connectivity index (χ4v) is 7.46. The molecule has 0 bridgehead atoms. The Morgan fingerprint density at radius 3 is 1.23 bits per heavy atom. The molecule has 0 aromatic carbocycles. The van der Waals surface area contributed by atoms with Crippen LogP contribution in [0.15, 0.2) is 48.6 Å². The highest BCUT2D eigenvalue weighted by Gasteiger charge is 2.17. The van der Waals surface area contributed by atoms with E-state index >= 15 is 0 Å². The zero-order valence-corrected chi connectivity index (χ0v) is 40.2. The van der Waals surface area contributed by atoms with Gasteiger partial charge in [-0.1, -0.05) is 223 Å². The van der Waals surface area contributed by atoms with E-state index in [1.54, 1.807) is 0 Å². The van der Waals surface area contributed by atoms with Crippen molar-refractivity contribution in [2.75, 3.05) is 19.8 Å². The highest BCUT2D eigenvalue weighted by molar-refractivity contribution is 5.70. The first kappa shape index (κ1) is 57.9. The maximum Gasteiger partial charge on any atom is 0.306 e. The largest absolute Gasteiger partial charge is 0.462 e. The lowest BCUT2D eigenvalue weighted by molar-refractivity contribution is -0.163. The molecule has 0 spiro atoms. The summed E-state index contributed by atoms with van der Waals surface area (Å²) in [6, 6.07) is 0. The summed E-state index contributed by atoms with van der Waals surface area (Å²) in [5.41, 5.74) is 0. The normalized spacial score (nSPS) is 12.5. The molecule has 5 heteroatoms. The Hall–Kier alpha value is -2.14. The molecular weight excluding hydrogens is 741 g/mol. The first-order valence-electron chi connectivity index (χ1n) is 26.2. The molecule has 0 N–H and O–H groups in total. The average Bonchev–Trinajstić information content (AvgIpc) is 3.25. The second-order valence-corrected chi connectivity index (χ2v) is 17.4. The molecule has 0 rings (SSSR count). The van der Waals surface area contributed by atoms with Gasteiger partial charge in [-0.25, -0.2) is 0 Å². The Morgan fingerprint density at radius 1 is 0.383 bits per heavy atom. The highest BCUT2D eigenvalue weighted by atomic mass is 16.6. The lowest BCUT2D eigenvalue weighted by Gasteiger charge is -2.18. The predicted octanol–water partition coefficient (Wildman–Crippen LogP) is 17.6. The molecule has 0 heterocycles. The summed E-state index contributed by atoms with van der Waals surface area (Å²) in [5.74, 6) is -0.416. The first-order valence-corrected chi connectivity index (χ1v) is 26.2. The highest BCUT2D eigenvalue weighted by Crippen LogP contribution is 2.15. The number of esters is 2. The average molecular weight is 841 g/mol. The number of hydrogen-bond acceptors (Lipinski definition) is 5. The van der Waals surface area contributed by atoms with Gasteiger partial charge in [0.1, 0.15) is 6.61 Å². The van der Waals surface area contributed by atoms with Crippen LogP contribution in [0.4, 0.5) is 0 Å². The van der Waals surface area contributed by atoms with Crippen molar-refractivity contribution in [1.82, 2.24) is 0 Å². The van der Waals surface area contributed by atoms with Gasteiger partial charge in [-0.2, -0.15) is 0 Å². The Labute approximate surface area is 373 Å². The van der Waals surface area contributed by atoms with Crippen molar-refractivity contribution in [3.63, 3.8) is 0 Å². The molecule has 0 saturated heterocycles. The fraction of sp³-hybridized carbons (Fsp3) is 0.818. The lowest BCUT2D eigenvalue weighted by Crippen LogP contribution is -2.30. The van der Waals surface area contributed by atoms with Gasteiger partial charge in [-0.15, -0.1) is 0 Å². The third kappa shape index (κ3) is 48.5. The molecule has 0 unspecified atom stereocenters. The molecule has 60 heavy (non-hydrogen) atoms. The molecule has 0 aromatic rings. The third-order valence-electron chi connectivity index (χ3n) is 11.3. The van der Waals surface area contributed by atoms with Gasteiger partial charge in [-0.05, 0) is 77.0 Å². The number of allylic oxidation sites excluding steroid dienone is 8. The fourth-order valence-electron chi connectivity index (χ4n) is 7.46. The molecule has 1 atom stereocenters. The molecule has 0 aliphatic carbocycles.